The van der Waals surface area contributed by atoms with E-state index < -0.39 is 12.1 Å². The first kappa shape index (κ1) is 10.2. The summed E-state index contributed by atoms with van der Waals surface area (Å²) in [6, 6.07) is 0. The molecule has 1 aliphatic rings. The lowest BCUT2D eigenvalue weighted by molar-refractivity contribution is -0.135. The fourth-order valence-corrected chi connectivity index (χ4v) is 1.21. The Morgan fingerprint density at radius 1 is 1.69 bits per heavy atom. The van der Waals surface area contributed by atoms with E-state index in [0.29, 0.717) is 6.61 Å². The number of carbonyl (C=O) groups is 1. The van der Waals surface area contributed by atoms with Gasteiger partial charge in [-0.15, -0.1) is 0 Å². The SMILES string of the molecule is COC(=O)/C=C/[C@H]1OCCC[C@H]1O. The van der Waals surface area contributed by atoms with Crippen molar-refractivity contribution >= 4 is 5.97 Å². The lowest BCUT2D eigenvalue weighted by Crippen LogP contribution is -2.32. The maximum atomic E-state index is 10.7. The quantitative estimate of drug-likeness (QED) is 0.496. The fraction of sp³-hybridized carbons (Fsp3) is 0.667. The van der Waals surface area contributed by atoms with E-state index >= 15 is 0 Å². The van der Waals surface area contributed by atoms with E-state index in [1.807, 2.05) is 0 Å². The molecular weight excluding hydrogens is 172 g/mol. The van der Waals surface area contributed by atoms with Gasteiger partial charge in [0.05, 0.1) is 13.2 Å². The number of hydrogen-bond donors (Lipinski definition) is 1. The summed E-state index contributed by atoms with van der Waals surface area (Å²) >= 11 is 0. The van der Waals surface area contributed by atoms with Crippen LogP contribution in [0.25, 0.3) is 0 Å². The summed E-state index contributed by atoms with van der Waals surface area (Å²) in [6.07, 6.45) is 3.52. The molecule has 1 N–H and O–H groups in total. The number of methoxy groups -OCH3 is 1. The first-order valence-corrected chi connectivity index (χ1v) is 4.30. The van der Waals surface area contributed by atoms with Gasteiger partial charge in [-0.2, -0.15) is 0 Å². The average Bonchev–Trinajstić information content (AvgIpc) is 2.16. The molecule has 0 saturated carbocycles. The van der Waals surface area contributed by atoms with Gasteiger partial charge in [-0.25, -0.2) is 4.79 Å². The number of carbonyl (C=O) groups excluding carboxylic acids is 1. The Bertz CT molecular complexity index is 200. The molecule has 0 amide bonds. The van der Waals surface area contributed by atoms with Crippen LogP contribution in [-0.2, 0) is 14.3 Å². The summed E-state index contributed by atoms with van der Waals surface area (Å²) in [7, 11) is 1.31. The molecule has 0 aromatic carbocycles. The third-order valence-electron chi connectivity index (χ3n) is 1.96. The van der Waals surface area contributed by atoms with Crippen molar-refractivity contribution in [3.05, 3.63) is 12.2 Å². The average molecular weight is 186 g/mol. The van der Waals surface area contributed by atoms with Crippen LogP contribution < -0.4 is 0 Å². The van der Waals surface area contributed by atoms with E-state index in [0.717, 1.165) is 12.8 Å². The van der Waals surface area contributed by atoms with Crippen LogP contribution in [0.4, 0.5) is 0 Å². The molecule has 0 radical (unpaired) electrons. The molecule has 1 heterocycles. The highest BCUT2D eigenvalue weighted by atomic mass is 16.5. The molecule has 4 heteroatoms. The Hall–Kier alpha value is -0.870. The van der Waals surface area contributed by atoms with E-state index in [1.165, 1.54) is 19.3 Å². The molecule has 0 aliphatic carbocycles. The lowest BCUT2D eigenvalue weighted by Gasteiger charge is -2.25. The monoisotopic (exact) mass is 186 g/mol. The van der Waals surface area contributed by atoms with Crippen molar-refractivity contribution in [2.75, 3.05) is 13.7 Å². The summed E-state index contributed by atoms with van der Waals surface area (Å²) < 4.78 is 9.65. The van der Waals surface area contributed by atoms with Crippen LogP contribution in [0.15, 0.2) is 12.2 Å². The second-order valence-electron chi connectivity index (χ2n) is 2.93. The van der Waals surface area contributed by atoms with E-state index in [1.54, 1.807) is 0 Å². The van der Waals surface area contributed by atoms with Crippen molar-refractivity contribution in [2.45, 2.75) is 25.0 Å². The number of hydrogen-bond acceptors (Lipinski definition) is 4. The van der Waals surface area contributed by atoms with Crippen LogP contribution in [0, 0.1) is 0 Å². The smallest absolute Gasteiger partial charge is 0.330 e. The van der Waals surface area contributed by atoms with Crippen molar-refractivity contribution < 1.29 is 19.4 Å². The zero-order valence-electron chi connectivity index (χ0n) is 7.60. The van der Waals surface area contributed by atoms with Crippen molar-refractivity contribution in [1.29, 1.82) is 0 Å². The summed E-state index contributed by atoms with van der Waals surface area (Å²) in [5.74, 6) is -0.429. The van der Waals surface area contributed by atoms with Gasteiger partial charge in [0.25, 0.3) is 0 Å². The number of aliphatic hydroxyl groups is 1. The van der Waals surface area contributed by atoms with Crippen LogP contribution in [0.5, 0.6) is 0 Å². The van der Waals surface area contributed by atoms with Crippen molar-refractivity contribution in [3.8, 4) is 0 Å². The Kier molecular flexibility index (Phi) is 3.92. The molecule has 1 aliphatic heterocycles. The van der Waals surface area contributed by atoms with E-state index in [2.05, 4.69) is 4.74 Å². The predicted molar refractivity (Wildman–Crippen MR) is 46.1 cm³/mol. The molecule has 0 unspecified atom stereocenters. The second-order valence-corrected chi connectivity index (χ2v) is 2.93. The molecule has 2 atom stereocenters. The van der Waals surface area contributed by atoms with E-state index in [4.69, 9.17) is 4.74 Å². The van der Waals surface area contributed by atoms with Crippen molar-refractivity contribution in [3.63, 3.8) is 0 Å². The molecule has 1 rings (SSSR count). The fourth-order valence-electron chi connectivity index (χ4n) is 1.21. The number of esters is 1. The van der Waals surface area contributed by atoms with Gasteiger partial charge in [-0.1, -0.05) is 0 Å². The molecule has 0 aromatic heterocycles. The lowest BCUT2D eigenvalue weighted by atomic mass is 10.1. The molecule has 13 heavy (non-hydrogen) atoms. The third-order valence-corrected chi connectivity index (χ3v) is 1.96. The van der Waals surface area contributed by atoms with Crippen LogP contribution in [0.2, 0.25) is 0 Å². The normalized spacial score (nSPS) is 29.1. The topological polar surface area (TPSA) is 55.8 Å². The maximum absolute atomic E-state index is 10.7. The maximum Gasteiger partial charge on any atom is 0.330 e. The Morgan fingerprint density at radius 3 is 3.08 bits per heavy atom. The summed E-state index contributed by atoms with van der Waals surface area (Å²) in [6.45, 7) is 0.632. The molecular formula is C9H14O4. The van der Waals surface area contributed by atoms with Gasteiger partial charge in [-0.05, 0) is 18.9 Å². The van der Waals surface area contributed by atoms with Crippen molar-refractivity contribution in [1.82, 2.24) is 0 Å². The molecule has 0 aromatic rings. The van der Waals surface area contributed by atoms with Crippen LogP contribution in [-0.4, -0.2) is 37.0 Å². The second kappa shape index (κ2) is 4.99. The van der Waals surface area contributed by atoms with Gasteiger partial charge in [0.15, 0.2) is 0 Å². The van der Waals surface area contributed by atoms with Gasteiger partial charge < -0.3 is 14.6 Å². The number of rotatable bonds is 2. The molecule has 1 saturated heterocycles. The summed E-state index contributed by atoms with van der Waals surface area (Å²) in [5.41, 5.74) is 0. The van der Waals surface area contributed by atoms with Gasteiger partial charge >= 0.3 is 5.97 Å². The van der Waals surface area contributed by atoms with E-state index in [-0.39, 0.29) is 6.10 Å². The highest BCUT2D eigenvalue weighted by Crippen LogP contribution is 2.14. The Morgan fingerprint density at radius 2 is 2.46 bits per heavy atom. The summed E-state index contributed by atoms with van der Waals surface area (Å²) in [5, 5.41) is 9.43. The van der Waals surface area contributed by atoms with Crippen LogP contribution in [0.3, 0.4) is 0 Å². The van der Waals surface area contributed by atoms with Gasteiger partial charge in [0.1, 0.15) is 6.10 Å². The summed E-state index contributed by atoms with van der Waals surface area (Å²) in [4.78, 5) is 10.7. The molecule has 1 fully saturated rings. The third kappa shape index (κ3) is 3.16. The minimum Gasteiger partial charge on any atom is -0.466 e. The van der Waals surface area contributed by atoms with Crippen LogP contribution >= 0.6 is 0 Å². The first-order valence-electron chi connectivity index (χ1n) is 4.30. The van der Waals surface area contributed by atoms with Crippen LogP contribution in [0.1, 0.15) is 12.8 Å². The molecule has 4 nitrogen and oxygen atoms in total. The van der Waals surface area contributed by atoms with Gasteiger partial charge in [0, 0.05) is 12.7 Å². The zero-order chi connectivity index (χ0) is 9.68. The highest BCUT2D eigenvalue weighted by molar-refractivity contribution is 5.81. The number of aliphatic hydroxyl groups excluding tert-OH is 1. The molecule has 0 bridgehead atoms. The standard InChI is InChI=1S/C9H14O4/c1-12-9(11)5-4-8-7(10)3-2-6-13-8/h4-5,7-8,10H,2-3,6H2,1H3/b5-4+/t7-,8-/m1/s1. The predicted octanol–water partition coefficient (Wildman–Crippen LogP) is 0.255. The Labute approximate surface area is 77.1 Å². The number of ether oxygens (including phenoxy) is 2. The Balaban J connectivity index is 2.41. The minimum atomic E-state index is -0.505. The first-order chi connectivity index (χ1) is 6.24. The zero-order valence-corrected chi connectivity index (χ0v) is 7.60. The van der Waals surface area contributed by atoms with Gasteiger partial charge in [-0.3, -0.25) is 0 Å². The minimum absolute atomic E-state index is 0.368. The van der Waals surface area contributed by atoms with Gasteiger partial charge in [0.2, 0.25) is 0 Å². The largest absolute Gasteiger partial charge is 0.466 e. The van der Waals surface area contributed by atoms with Crippen molar-refractivity contribution in [2.24, 2.45) is 0 Å². The van der Waals surface area contributed by atoms with E-state index in [9.17, 15) is 9.90 Å². The molecule has 0 spiro atoms. The molecule has 74 valence electrons. The highest BCUT2D eigenvalue weighted by Gasteiger charge is 2.21.